The molecule has 0 bridgehead atoms. The molecule has 8 nitrogen and oxygen atoms in total. The average Bonchev–Trinajstić information content (AvgIpc) is 3.07. The number of nitrogens with one attached hydrogen (secondary N) is 2. The topological polar surface area (TPSA) is 98.8 Å². The maximum Gasteiger partial charge on any atom is 0.243 e. The molecular weight excluding hydrogens is 368 g/mol. The van der Waals surface area contributed by atoms with Crippen molar-refractivity contribution in [3.8, 4) is 0 Å². The SMILES string of the molecule is CCN1CCCC1CNC(=O)CN(C)S(=O)(=O)c1ccc(NC(C)=O)cc1. The van der Waals surface area contributed by atoms with Gasteiger partial charge in [0.25, 0.3) is 0 Å². The quantitative estimate of drug-likeness (QED) is 0.679. The molecule has 1 atom stereocenters. The van der Waals surface area contributed by atoms with E-state index in [9.17, 15) is 18.0 Å². The van der Waals surface area contributed by atoms with Crippen molar-refractivity contribution in [2.45, 2.75) is 37.6 Å². The van der Waals surface area contributed by atoms with Gasteiger partial charge in [0.2, 0.25) is 21.8 Å². The summed E-state index contributed by atoms with van der Waals surface area (Å²) >= 11 is 0. The number of hydrogen-bond acceptors (Lipinski definition) is 5. The molecular formula is C18H28N4O4S. The molecule has 2 N–H and O–H groups in total. The number of amides is 2. The van der Waals surface area contributed by atoms with Crippen LogP contribution in [0.2, 0.25) is 0 Å². The fourth-order valence-corrected chi connectivity index (χ4v) is 4.34. The number of benzene rings is 1. The van der Waals surface area contributed by atoms with Crippen LogP contribution in [-0.4, -0.2) is 68.7 Å². The third-order valence-electron chi connectivity index (χ3n) is 4.69. The Bertz CT molecular complexity index is 764. The van der Waals surface area contributed by atoms with Gasteiger partial charge >= 0.3 is 0 Å². The van der Waals surface area contributed by atoms with Crippen molar-refractivity contribution < 1.29 is 18.0 Å². The summed E-state index contributed by atoms with van der Waals surface area (Å²) in [6, 6.07) is 6.17. The first-order chi connectivity index (χ1) is 12.7. The normalized spacial score (nSPS) is 17.9. The van der Waals surface area contributed by atoms with Crippen LogP contribution in [0.3, 0.4) is 0 Å². The van der Waals surface area contributed by atoms with Gasteiger partial charge in [0.15, 0.2) is 0 Å². The molecule has 0 aromatic heterocycles. The van der Waals surface area contributed by atoms with E-state index in [1.807, 2.05) is 0 Å². The molecule has 0 saturated carbocycles. The zero-order valence-corrected chi connectivity index (χ0v) is 16.9. The van der Waals surface area contributed by atoms with E-state index >= 15 is 0 Å². The predicted octanol–water partition coefficient (Wildman–Crippen LogP) is 0.866. The zero-order valence-electron chi connectivity index (χ0n) is 16.1. The minimum Gasteiger partial charge on any atom is -0.353 e. The molecule has 0 radical (unpaired) electrons. The molecule has 2 rings (SSSR count). The van der Waals surface area contributed by atoms with Gasteiger partial charge in [-0.15, -0.1) is 0 Å². The lowest BCUT2D eigenvalue weighted by Gasteiger charge is -2.23. The van der Waals surface area contributed by atoms with E-state index in [1.165, 1.54) is 38.2 Å². The largest absolute Gasteiger partial charge is 0.353 e. The molecule has 0 spiro atoms. The van der Waals surface area contributed by atoms with Crippen molar-refractivity contribution in [2.75, 3.05) is 38.5 Å². The molecule has 1 aliphatic heterocycles. The first-order valence-electron chi connectivity index (χ1n) is 9.08. The van der Waals surface area contributed by atoms with Crippen molar-refractivity contribution in [2.24, 2.45) is 0 Å². The Morgan fingerprint density at radius 2 is 1.93 bits per heavy atom. The molecule has 1 aliphatic rings. The van der Waals surface area contributed by atoms with E-state index in [0.29, 0.717) is 18.3 Å². The Hall–Kier alpha value is -1.97. The molecule has 1 heterocycles. The summed E-state index contributed by atoms with van der Waals surface area (Å²) in [6.07, 6.45) is 2.17. The summed E-state index contributed by atoms with van der Waals surface area (Å²) in [6.45, 7) is 5.75. The van der Waals surface area contributed by atoms with E-state index in [0.717, 1.165) is 30.2 Å². The average molecular weight is 397 g/mol. The summed E-state index contributed by atoms with van der Waals surface area (Å²) < 4.78 is 26.3. The molecule has 1 saturated heterocycles. The monoisotopic (exact) mass is 396 g/mol. The minimum absolute atomic E-state index is 0.0693. The highest BCUT2D eigenvalue weighted by Gasteiger charge is 2.25. The second-order valence-corrected chi connectivity index (χ2v) is 8.74. The highest BCUT2D eigenvalue weighted by atomic mass is 32.2. The number of likely N-dealkylation sites (N-methyl/N-ethyl adjacent to an activating group) is 2. The van der Waals surface area contributed by atoms with E-state index in [4.69, 9.17) is 0 Å². The molecule has 1 aromatic rings. The van der Waals surface area contributed by atoms with Gasteiger partial charge in [-0.25, -0.2) is 8.42 Å². The molecule has 1 unspecified atom stereocenters. The van der Waals surface area contributed by atoms with E-state index in [1.54, 1.807) is 0 Å². The van der Waals surface area contributed by atoms with Crippen molar-refractivity contribution in [1.29, 1.82) is 0 Å². The molecule has 9 heteroatoms. The van der Waals surface area contributed by atoms with E-state index in [-0.39, 0.29) is 23.3 Å². The van der Waals surface area contributed by atoms with Crippen LogP contribution < -0.4 is 10.6 Å². The van der Waals surface area contributed by atoms with Gasteiger partial charge < -0.3 is 10.6 Å². The second kappa shape index (κ2) is 9.29. The van der Waals surface area contributed by atoms with Crippen LogP contribution in [-0.2, 0) is 19.6 Å². The number of likely N-dealkylation sites (tertiary alicyclic amines) is 1. The smallest absolute Gasteiger partial charge is 0.243 e. The maximum atomic E-state index is 12.6. The zero-order chi connectivity index (χ0) is 20.0. The van der Waals surface area contributed by atoms with Gasteiger partial charge in [-0.2, -0.15) is 4.31 Å². The van der Waals surface area contributed by atoms with Crippen LogP contribution in [0, 0.1) is 0 Å². The third-order valence-corrected chi connectivity index (χ3v) is 6.51. The van der Waals surface area contributed by atoms with Gasteiger partial charge in [-0.3, -0.25) is 14.5 Å². The first-order valence-corrected chi connectivity index (χ1v) is 10.5. The number of nitrogens with zero attached hydrogens (tertiary/aromatic N) is 2. The number of rotatable bonds is 8. The molecule has 0 aliphatic carbocycles. The number of carbonyl (C=O) groups is 2. The van der Waals surface area contributed by atoms with Crippen molar-refractivity contribution >= 4 is 27.5 Å². The van der Waals surface area contributed by atoms with Crippen molar-refractivity contribution in [3.05, 3.63) is 24.3 Å². The Balaban J connectivity index is 1.92. The lowest BCUT2D eigenvalue weighted by molar-refractivity contribution is -0.121. The molecule has 1 fully saturated rings. The third kappa shape index (κ3) is 5.75. The van der Waals surface area contributed by atoms with Gasteiger partial charge in [-0.1, -0.05) is 6.92 Å². The van der Waals surface area contributed by atoms with Gasteiger partial charge in [0.05, 0.1) is 11.4 Å². The molecule has 2 amide bonds. The molecule has 27 heavy (non-hydrogen) atoms. The van der Waals surface area contributed by atoms with E-state index in [2.05, 4.69) is 22.5 Å². The second-order valence-electron chi connectivity index (χ2n) is 6.70. The Labute approximate surface area is 161 Å². The van der Waals surface area contributed by atoms with Gasteiger partial charge in [-0.05, 0) is 50.2 Å². The fraction of sp³-hybridized carbons (Fsp3) is 0.556. The van der Waals surface area contributed by atoms with Crippen LogP contribution in [0.5, 0.6) is 0 Å². The van der Waals surface area contributed by atoms with Crippen LogP contribution >= 0.6 is 0 Å². The Morgan fingerprint density at radius 1 is 1.26 bits per heavy atom. The number of sulfonamides is 1. The number of hydrogen-bond donors (Lipinski definition) is 2. The summed E-state index contributed by atoms with van der Waals surface area (Å²) in [5, 5.41) is 5.42. The molecule has 150 valence electrons. The van der Waals surface area contributed by atoms with Crippen molar-refractivity contribution in [1.82, 2.24) is 14.5 Å². The Kier molecular flexibility index (Phi) is 7.34. The predicted molar refractivity (Wildman–Crippen MR) is 104 cm³/mol. The van der Waals surface area contributed by atoms with Crippen LogP contribution in [0.15, 0.2) is 29.2 Å². The van der Waals surface area contributed by atoms with Gasteiger partial charge in [0.1, 0.15) is 0 Å². The summed E-state index contributed by atoms with van der Waals surface area (Å²) in [5.41, 5.74) is 0.513. The van der Waals surface area contributed by atoms with E-state index < -0.39 is 10.0 Å². The lowest BCUT2D eigenvalue weighted by Crippen LogP contribution is -2.44. The van der Waals surface area contributed by atoms with Crippen LogP contribution in [0.4, 0.5) is 5.69 Å². The summed E-state index contributed by atoms with van der Waals surface area (Å²) in [4.78, 5) is 25.6. The highest BCUT2D eigenvalue weighted by Crippen LogP contribution is 2.18. The lowest BCUT2D eigenvalue weighted by atomic mass is 10.2. The fourth-order valence-electron chi connectivity index (χ4n) is 3.21. The van der Waals surface area contributed by atoms with Gasteiger partial charge in [0, 0.05) is 32.2 Å². The maximum absolute atomic E-state index is 12.6. The summed E-state index contributed by atoms with van der Waals surface area (Å²) in [7, 11) is -2.40. The Morgan fingerprint density at radius 3 is 2.52 bits per heavy atom. The first kappa shape index (κ1) is 21.3. The van der Waals surface area contributed by atoms with Crippen LogP contribution in [0.1, 0.15) is 26.7 Å². The van der Waals surface area contributed by atoms with Crippen LogP contribution in [0.25, 0.3) is 0 Å². The summed E-state index contributed by atoms with van der Waals surface area (Å²) in [5.74, 6) is -0.554. The highest BCUT2D eigenvalue weighted by molar-refractivity contribution is 7.89. The number of anilines is 1. The minimum atomic E-state index is -3.78. The van der Waals surface area contributed by atoms with Crippen molar-refractivity contribution in [3.63, 3.8) is 0 Å². The number of carbonyl (C=O) groups excluding carboxylic acids is 2. The molecule has 1 aromatic carbocycles. The standard InChI is InChI=1S/C18H28N4O4S/c1-4-22-11-5-6-16(22)12-19-18(24)13-21(3)27(25,26)17-9-7-15(8-10-17)20-14(2)23/h7-10,16H,4-6,11-13H2,1-3H3,(H,19,24)(H,20,23).